The van der Waals surface area contributed by atoms with E-state index in [1.807, 2.05) is 6.08 Å². The van der Waals surface area contributed by atoms with Crippen LogP contribution in [0.25, 0.3) is 11.3 Å². The van der Waals surface area contributed by atoms with E-state index in [-0.39, 0.29) is 32.5 Å². The van der Waals surface area contributed by atoms with Crippen LogP contribution in [0.4, 0.5) is 0 Å². The molecule has 4 aliphatic carbocycles. The maximum Gasteiger partial charge on any atom is 0.127 e. The second-order valence-corrected chi connectivity index (χ2v) is 25.3. The van der Waals surface area contributed by atoms with Gasteiger partial charge in [0.15, 0.2) is 0 Å². The zero-order chi connectivity index (χ0) is 38.6. The molecule has 282 valence electrons. The van der Waals surface area contributed by atoms with E-state index in [4.69, 9.17) is 4.74 Å². The molecule has 6 rings (SSSR count). The summed E-state index contributed by atoms with van der Waals surface area (Å²) in [4.78, 5) is 0. The molecule has 0 aromatic heterocycles. The first kappa shape index (κ1) is 39.1. The Morgan fingerprint density at radius 2 is 1.44 bits per heavy atom. The highest BCUT2D eigenvalue weighted by molar-refractivity contribution is 6.79. The van der Waals surface area contributed by atoms with Crippen LogP contribution in [-0.4, -0.2) is 15.4 Å². The molecule has 1 nitrogen and oxygen atoms in total. The van der Waals surface area contributed by atoms with E-state index < -0.39 is 8.80 Å². The Labute approximate surface area is 320 Å². The molecule has 0 N–H and O–H groups in total. The van der Waals surface area contributed by atoms with Gasteiger partial charge in [-0.15, -0.1) is 0 Å². The van der Waals surface area contributed by atoms with Gasteiger partial charge in [-0.1, -0.05) is 177 Å². The molecule has 0 fully saturated rings. The van der Waals surface area contributed by atoms with Crippen LogP contribution in [0.1, 0.15) is 174 Å². The highest BCUT2D eigenvalue weighted by atomic mass is 28.3. The summed E-state index contributed by atoms with van der Waals surface area (Å²) in [6, 6.07) is 7.64. The van der Waals surface area contributed by atoms with Gasteiger partial charge in [0.2, 0.25) is 0 Å². The average molecular weight is 717 g/mol. The van der Waals surface area contributed by atoms with E-state index in [2.05, 4.69) is 154 Å². The molecule has 52 heavy (non-hydrogen) atoms. The first-order valence-electron chi connectivity index (χ1n) is 20.7. The van der Waals surface area contributed by atoms with Gasteiger partial charge in [0.05, 0.1) is 8.80 Å². The van der Waals surface area contributed by atoms with Crippen molar-refractivity contribution in [2.45, 2.75) is 176 Å². The smallest absolute Gasteiger partial charge is 0.127 e. The minimum absolute atomic E-state index is 0.0114. The molecule has 2 aromatic carbocycles. The Balaban J connectivity index is 1.86. The number of fused-ring (bicyclic) bond motifs is 8. The molecule has 0 heterocycles. The first-order valence-corrected chi connectivity index (χ1v) is 22.9. The molecule has 0 saturated heterocycles. The van der Waals surface area contributed by atoms with Crippen LogP contribution in [0, 0.1) is 10.8 Å². The molecule has 0 bridgehead atoms. The van der Waals surface area contributed by atoms with Gasteiger partial charge >= 0.3 is 0 Å². The second kappa shape index (κ2) is 12.7. The molecule has 0 saturated carbocycles. The predicted octanol–water partition coefficient (Wildman–Crippen LogP) is 11.9. The van der Waals surface area contributed by atoms with Gasteiger partial charge in [-0.05, 0) is 96.2 Å². The maximum atomic E-state index is 6.94. The van der Waals surface area contributed by atoms with E-state index in [1.54, 1.807) is 43.5 Å². The molecular weight excluding hydrogens is 645 g/mol. The number of hydrogen-bond donors (Lipinski definition) is 0. The predicted molar refractivity (Wildman–Crippen MR) is 230 cm³/mol. The van der Waals surface area contributed by atoms with Crippen molar-refractivity contribution >= 4 is 20.1 Å². The highest BCUT2D eigenvalue weighted by Crippen LogP contribution is 2.60. The van der Waals surface area contributed by atoms with Crippen LogP contribution >= 0.6 is 0 Å². The van der Waals surface area contributed by atoms with E-state index in [1.165, 1.54) is 41.6 Å². The minimum atomic E-state index is -1.30. The van der Waals surface area contributed by atoms with Gasteiger partial charge in [-0.2, -0.15) is 0 Å². The molecule has 2 atom stereocenters. The molecule has 2 unspecified atom stereocenters. The van der Waals surface area contributed by atoms with Crippen molar-refractivity contribution in [1.29, 1.82) is 0 Å². The maximum absolute atomic E-state index is 6.94. The Kier molecular flexibility index (Phi) is 9.59. The topological polar surface area (TPSA) is 9.23 Å². The average Bonchev–Trinajstić information content (AvgIpc) is 3.34. The zero-order valence-corrected chi connectivity index (χ0v) is 37.3. The van der Waals surface area contributed by atoms with Crippen LogP contribution in [0.5, 0.6) is 5.75 Å². The summed E-state index contributed by atoms with van der Waals surface area (Å²) >= 11 is 0. The second-order valence-electron chi connectivity index (χ2n) is 21.7. The molecule has 4 aliphatic rings. The van der Waals surface area contributed by atoms with Crippen LogP contribution in [0.2, 0.25) is 12.1 Å². The summed E-state index contributed by atoms with van der Waals surface area (Å²) in [5.41, 5.74) is 12.5. The fourth-order valence-electron chi connectivity index (χ4n) is 10.6. The molecule has 0 radical (unpaired) electrons. The third kappa shape index (κ3) is 6.49. The third-order valence-electron chi connectivity index (χ3n) is 13.3. The largest absolute Gasteiger partial charge is 0.489 e. The van der Waals surface area contributed by atoms with Gasteiger partial charge in [-0.3, -0.25) is 0 Å². The number of hydrogen-bond acceptors (Lipinski definition) is 1. The first-order chi connectivity index (χ1) is 23.9. The summed E-state index contributed by atoms with van der Waals surface area (Å²) in [5, 5.41) is 5.08. The Morgan fingerprint density at radius 3 is 2.00 bits per heavy atom. The van der Waals surface area contributed by atoms with Gasteiger partial charge in [0.25, 0.3) is 0 Å². The van der Waals surface area contributed by atoms with E-state index in [9.17, 15) is 0 Å². The van der Waals surface area contributed by atoms with Gasteiger partial charge < -0.3 is 4.74 Å². The standard InChI is InChI=1S/C50H72OSi/c1-18-25-51-43-33(26-31(45(4,5)6)27-37(43)46(7,8)9)35-29-48(12,13)30-36-38(35)40-39(44(36)52(19-2)20-3)34-28-47(10,11)22-21-32(34)41-42(40)50(16,17)24-23-49(41,14)15/h18,23-24,26-28,30,35,38,52H,1,19-22,25,29H2,2-17H3. The van der Waals surface area contributed by atoms with Gasteiger partial charge in [0, 0.05) is 22.3 Å². The summed E-state index contributed by atoms with van der Waals surface area (Å²) < 4.78 is 6.94. The molecule has 0 aliphatic heterocycles. The van der Waals surface area contributed by atoms with Gasteiger partial charge in [-0.25, -0.2) is 0 Å². The lowest BCUT2D eigenvalue weighted by molar-refractivity contribution is 0.315. The molecule has 0 spiro atoms. The number of benzene rings is 2. The molecular formula is C50H72OSi. The zero-order valence-electron chi connectivity index (χ0n) is 36.1. The van der Waals surface area contributed by atoms with Crippen molar-refractivity contribution in [2.24, 2.45) is 10.8 Å². The fraction of sp³-hybridized carbons (Fsp3) is 0.600. The van der Waals surface area contributed by atoms with Crippen LogP contribution in [0.3, 0.4) is 0 Å². The van der Waals surface area contributed by atoms with E-state index in [0.29, 0.717) is 18.4 Å². The summed E-state index contributed by atoms with van der Waals surface area (Å²) in [6.07, 6.45) is 16.0. The van der Waals surface area contributed by atoms with Crippen molar-refractivity contribution in [2.75, 3.05) is 6.61 Å². The number of rotatable bonds is 7. The number of allylic oxidation sites excluding steroid dienone is 4. The monoisotopic (exact) mass is 717 g/mol. The Morgan fingerprint density at radius 1 is 0.827 bits per heavy atom. The van der Waals surface area contributed by atoms with Crippen molar-refractivity contribution in [3.63, 3.8) is 0 Å². The quantitative estimate of drug-likeness (QED) is 0.205. The summed E-state index contributed by atoms with van der Waals surface area (Å²) in [5.74, 6) is 1.71. The summed E-state index contributed by atoms with van der Waals surface area (Å²) in [6.45, 7) is 43.8. The highest BCUT2D eigenvalue weighted by Gasteiger charge is 2.50. The van der Waals surface area contributed by atoms with E-state index in [0.717, 1.165) is 12.2 Å². The minimum Gasteiger partial charge on any atom is -0.489 e. The Hall–Kier alpha value is -2.58. The van der Waals surface area contributed by atoms with E-state index >= 15 is 0 Å². The van der Waals surface area contributed by atoms with Crippen molar-refractivity contribution in [1.82, 2.24) is 0 Å². The molecule has 2 heteroatoms. The van der Waals surface area contributed by atoms with Crippen molar-refractivity contribution in [3.05, 3.63) is 98.0 Å². The third-order valence-corrected chi connectivity index (χ3v) is 16.7. The molecule has 2 aromatic rings. The lowest BCUT2D eigenvalue weighted by Gasteiger charge is -2.45. The number of ether oxygens (including phenoxy) is 1. The Bertz CT molecular complexity index is 1970. The molecule has 0 amide bonds. The SMILES string of the molecule is C=CCOc1c(C2CC(C)(C)C=C3C([SiH](CC)CC)=c4c(c5c(c6c4=CC(C)(C)CC6)C(C)(C)C=CC5(C)C)C32)cc(C(C)(C)C)cc1C(C)(C)C. The van der Waals surface area contributed by atoms with Gasteiger partial charge in [0.1, 0.15) is 12.4 Å². The van der Waals surface area contributed by atoms with Crippen molar-refractivity contribution < 1.29 is 4.74 Å². The lowest BCUT2D eigenvalue weighted by Crippen LogP contribution is -2.46. The fourth-order valence-corrected chi connectivity index (χ4v) is 13.4. The normalized spacial score (nSPS) is 23.6. The van der Waals surface area contributed by atoms with Crippen molar-refractivity contribution in [3.8, 4) is 5.75 Å². The van der Waals surface area contributed by atoms with Crippen LogP contribution in [0.15, 0.2) is 48.6 Å². The van der Waals surface area contributed by atoms with Crippen LogP contribution in [-0.2, 0) is 28.1 Å². The summed E-state index contributed by atoms with van der Waals surface area (Å²) in [7, 11) is -1.30. The lowest BCUT2D eigenvalue weighted by atomic mass is 9.59. The van der Waals surface area contributed by atoms with Crippen LogP contribution < -0.4 is 15.2 Å².